The molecule has 148 valence electrons. The maximum Gasteiger partial charge on any atom is 0.322 e. The fourth-order valence-corrected chi connectivity index (χ4v) is 5.34. The molecule has 0 spiro atoms. The molecule has 2 N–H and O–H groups in total. The van der Waals surface area contributed by atoms with Crippen molar-refractivity contribution in [2.45, 2.75) is 44.2 Å². The molecule has 2 aliphatic heterocycles. The number of piperidine rings is 1. The normalized spacial score (nSPS) is 23.6. The number of amides is 3. The first kappa shape index (κ1) is 19.2. The van der Waals surface area contributed by atoms with Gasteiger partial charge in [0.25, 0.3) is 5.91 Å². The summed E-state index contributed by atoms with van der Waals surface area (Å²) in [5.41, 5.74) is 0.522. The van der Waals surface area contributed by atoms with Gasteiger partial charge in [0.1, 0.15) is 5.54 Å². The number of carbonyl (C=O) groups is 2. The van der Waals surface area contributed by atoms with E-state index in [1.54, 1.807) is 11.3 Å². The van der Waals surface area contributed by atoms with E-state index in [9.17, 15) is 9.59 Å². The van der Waals surface area contributed by atoms with E-state index in [1.165, 1.54) is 10.4 Å². The van der Waals surface area contributed by atoms with Gasteiger partial charge in [0.15, 0.2) is 0 Å². The lowest BCUT2D eigenvalue weighted by Crippen LogP contribution is -2.56. The summed E-state index contributed by atoms with van der Waals surface area (Å²) in [6, 6.07) is 14.2. The topological polar surface area (TPSA) is 61.4 Å². The van der Waals surface area contributed by atoms with Gasteiger partial charge in [-0.3, -0.25) is 15.0 Å². The van der Waals surface area contributed by atoms with Crippen LogP contribution >= 0.6 is 11.3 Å². The molecule has 1 aromatic carbocycles. The van der Waals surface area contributed by atoms with E-state index in [4.69, 9.17) is 0 Å². The van der Waals surface area contributed by atoms with E-state index in [0.717, 1.165) is 45.3 Å². The first-order valence-corrected chi connectivity index (χ1v) is 11.0. The highest BCUT2D eigenvalue weighted by atomic mass is 32.1. The Morgan fingerprint density at radius 1 is 1.07 bits per heavy atom. The highest BCUT2D eigenvalue weighted by Crippen LogP contribution is 2.35. The van der Waals surface area contributed by atoms with Crippen molar-refractivity contribution in [2.75, 3.05) is 13.1 Å². The van der Waals surface area contributed by atoms with Gasteiger partial charge in [-0.05, 0) is 68.1 Å². The first-order chi connectivity index (χ1) is 13.7. The van der Waals surface area contributed by atoms with Gasteiger partial charge in [0, 0.05) is 11.4 Å². The summed E-state index contributed by atoms with van der Waals surface area (Å²) in [6.45, 7) is 2.91. The number of imide groups is 1. The molecule has 2 saturated heterocycles. The maximum absolute atomic E-state index is 12.8. The van der Waals surface area contributed by atoms with Gasteiger partial charge in [-0.15, -0.1) is 11.3 Å². The predicted octanol–water partition coefficient (Wildman–Crippen LogP) is 3.56. The Labute approximate surface area is 170 Å². The summed E-state index contributed by atoms with van der Waals surface area (Å²) in [5.74, 6) is 0.0524. The van der Waals surface area contributed by atoms with Crippen LogP contribution in [0.4, 0.5) is 4.79 Å². The second-order valence-electron chi connectivity index (χ2n) is 7.85. The van der Waals surface area contributed by atoms with Crippen molar-refractivity contribution in [3.63, 3.8) is 0 Å². The zero-order valence-corrected chi connectivity index (χ0v) is 16.8. The van der Waals surface area contributed by atoms with Gasteiger partial charge in [0.05, 0.1) is 0 Å². The Morgan fingerprint density at radius 2 is 1.86 bits per heavy atom. The zero-order chi connectivity index (χ0) is 19.4. The second-order valence-corrected chi connectivity index (χ2v) is 8.88. The van der Waals surface area contributed by atoms with Crippen LogP contribution in [0.25, 0.3) is 0 Å². The Hall–Kier alpha value is -2.18. The average molecular weight is 398 g/mol. The largest absolute Gasteiger partial charge is 0.323 e. The molecule has 2 aromatic rings. The van der Waals surface area contributed by atoms with Crippen molar-refractivity contribution in [3.05, 3.63) is 58.3 Å². The molecule has 3 amide bonds. The van der Waals surface area contributed by atoms with Gasteiger partial charge in [-0.25, -0.2) is 4.79 Å². The molecule has 5 nitrogen and oxygen atoms in total. The summed E-state index contributed by atoms with van der Waals surface area (Å²) in [7, 11) is 0. The summed E-state index contributed by atoms with van der Waals surface area (Å²) in [4.78, 5) is 28.6. The van der Waals surface area contributed by atoms with Crippen LogP contribution < -0.4 is 10.6 Å². The van der Waals surface area contributed by atoms with Crippen molar-refractivity contribution in [1.82, 2.24) is 15.5 Å². The quantitative estimate of drug-likeness (QED) is 0.702. The summed E-state index contributed by atoms with van der Waals surface area (Å²) in [5, 5.41) is 7.63. The van der Waals surface area contributed by atoms with Crippen molar-refractivity contribution < 1.29 is 9.59 Å². The third-order valence-corrected chi connectivity index (χ3v) is 6.95. The van der Waals surface area contributed by atoms with Crippen molar-refractivity contribution in [1.29, 1.82) is 0 Å². The summed E-state index contributed by atoms with van der Waals surface area (Å²) in [6.07, 6.45) is 4.36. The van der Waals surface area contributed by atoms with Gasteiger partial charge >= 0.3 is 6.03 Å². The summed E-state index contributed by atoms with van der Waals surface area (Å²) < 4.78 is 0. The monoisotopic (exact) mass is 397 g/mol. The Balaban J connectivity index is 1.39. The molecule has 28 heavy (non-hydrogen) atoms. The molecule has 4 rings (SSSR count). The number of carbonyl (C=O) groups excluding carboxylic acids is 2. The van der Waals surface area contributed by atoms with Crippen LogP contribution in [0.5, 0.6) is 0 Å². The molecular formula is C22H27N3O2S. The number of nitrogens with one attached hydrogen (secondary N) is 2. The smallest absolute Gasteiger partial charge is 0.322 e. The molecule has 6 heteroatoms. The Morgan fingerprint density at radius 3 is 2.50 bits per heavy atom. The Bertz CT molecular complexity index is 800. The summed E-state index contributed by atoms with van der Waals surface area (Å²) >= 11 is 1.79. The third-order valence-electron chi connectivity index (χ3n) is 6.09. The second kappa shape index (κ2) is 8.45. The lowest BCUT2D eigenvalue weighted by molar-refractivity contribution is -0.127. The minimum Gasteiger partial charge on any atom is -0.323 e. The van der Waals surface area contributed by atoms with Crippen LogP contribution in [-0.2, 0) is 17.8 Å². The fraction of sp³-hybridized carbons (Fsp3) is 0.455. The van der Waals surface area contributed by atoms with Crippen LogP contribution in [-0.4, -0.2) is 35.5 Å². The third kappa shape index (κ3) is 4.13. The van der Waals surface area contributed by atoms with E-state index in [-0.39, 0.29) is 17.9 Å². The van der Waals surface area contributed by atoms with Gasteiger partial charge in [0.2, 0.25) is 0 Å². The molecule has 0 aliphatic carbocycles. The minimum absolute atomic E-state index is 0.137. The Kier molecular flexibility index (Phi) is 5.78. The van der Waals surface area contributed by atoms with Crippen LogP contribution in [0.2, 0.25) is 0 Å². The number of thiophene rings is 1. The highest BCUT2D eigenvalue weighted by Gasteiger charge is 2.51. The molecule has 0 bridgehead atoms. The molecule has 2 fully saturated rings. The van der Waals surface area contributed by atoms with Gasteiger partial charge in [-0.1, -0.05) is 36.4 Å². The molecule has 2 aliphatic rings. The number of rotatable bonds is 7. The molecule has 1 atom stereocenters. The molecule has 0 unspecified atom stereocenters. The number of benzene rings is 1. The number of urea groups is 1. The standard InChI is InChI=1S/C22H27N3O2S/c26-20-22(24-21(27)23-20,12-4-8-17-6-2-1-3-7-17)18-10-13-25(14-11-18)16-19-9-5-15-28-19/h1-3,5-7,9,15,18H,4,8,10-14,16H2,(H2,23,24,26,27)/t22-/m0/s1. The first-order valence-electron chi connectivity index (χ1n) is 10.1. The van der Waals surface area contributed by atoms with Crippen LogP contribution in [0, 0.1) is 5.92 Å². The average Bonchev–Trinajstić information content (AvgIpc) is 3.31. The molecule has 1 aromatic heterocycles. The van der Waals surface area contributed by atoms with E-state index in [2.05, 4.69) is 45.2 Å². The van der Waals surface area contributed by atoms with Gasteiger partial charge in [-0.2, -0.15) is 0 Å². The lowest BCUT2D eigenvalue weighted by atomic mass is 9.74. The molecule has 3 heterocycles. The number of nitrogens with zero attached hydrogens (tertiary/aromatic N) is 1. The SMILES string of the molecule is O=C1NC(=O)[C@](CCCc2ccccc2)(C2CCN(Cc3cccs3)CC2)N1. The minimum atomic E-state index is -0.749. The van der Waals surface area contributed by atoms with Crippen molar-refractivity contribution in [3.8, 4) is 0 Å². The van der Waals surface area contributed by atoms with Crippen molar-refractivity contribution >= 4 is 23.3 Å². The van der Waals surface area contributed by atoms with Crippen LogP contribution in [0.3, 0.4) is 0 Å². The van der Waals surface area contributed by atoms with E-state index in [0.29, 0.717) is 6.42 Å². The van der Waals surface area contributed by atoms with Crippen LogP contribution in [0.1, 0.15) is 36.1 Å². The number of likely N-dealkylation sites (tertiary alicyclic amines) is 1. The van der Waals surface area contributed by atoms with E-state index < -0.39 is 5.54 Å². The maximum atomic E-state index is 12.8. The lowest BCUT2D eigenvalue weighted by Gasteiger charge is -2.40. The van der Waals surface area contributed by atoms with Gasteiger partial charge < -0.3 is 5.32 Å². The molecule has 0 saturated carbocycles. The number of hydrogen-bond acceptors (Lipinski definition) is 4. The predicted molar refractivity (Wildman–Crippen MR) is 111 cm³/mol. The fourth-order valence-electron chi connectivity index (χ4n) is 4.60. The van der Waals surface area contributed by atoms with Crippen molar-refractivity contribution in [2.24, 2.45) is 5.92 Å². The van der Waals surface area contributed by atoms with E-state index >= 15 is 0 Å². The highest BCUT2D eigenvalue weighted by molar-refractivity contribution is 7.09. The zero-order valence-electron chi connectivity index (χ0n) is 16.0. The molecule has 0 radical (unpaired) electrons. The van der Waals surface area contributed by atoms with E-state index in [1.807, 2.05) is 18.2 Å². The van der Waals surface area contributed by atoms with Crippen LogP contribution in [0.15, 0.2) is 47.8 Å². The molecular weight excluding hydrogens is 370 g/mol. The number of aryl methyl sites for hydroxylation is 1. The number of hydrogen-bond donors (Lipinski definition) is 2.